The number of piperidine rings is 1. The number of hydrogen-bond donors (Lipinski definition) is 0. The smallest absolute Gasteiger partial charge is 0.257 e. The highest BCUT2D eigenvalue weighted by atomic mass is 35.5. The van der Waals surface area contributed by atoms with Crippen molar-refractivity contribution >= 4 is 17.5 Å². The molecule has 1 aromatic heterocycles. The number of amides is 1. The molecule has 2 rings (SSSR count). The first kappa shape index (κ1) is 14.4. The summed E-state index contributed by atoms with van der Waals surface area (Å²) >= 11 is 6.14. The van der Waals surface area contributed by atoms with Crippen LogP contribution in [0.1, 0.15) is 42.7 Å². The molecule has 106 valence electrons. The fraction of sp³-hybridized carbons (Fsp3) is 0.714. The lowest BCUT2D eigenvalue weighted by atomic mass is 9.93. The Morgan fingerprint density at radius 1 is 1.53 bits per heavy atom. The number of nitrogens with zero attached hydrogens (tertiary/aromatic N) is 3. The van der Waals surface area contributed by atoms with Gasteiger partial charge in [0.15, 0.2) is 0 Å². The van der Waals surface area contributed by atoms with Gasteiger partial charge >= 0.3 is 0 Å². The lowest BCUT2D eigenvalue weighted by molar-refractivity contribution is 0.0689. The molecule has 19 heavy (non-hydrogen) atoms. The van der Waals surface area contributed by atoms with E-state index in [2.05, 4.69) is 5.10 Å². The first-order chi connectivity index (χ1) is 9.02. The Kier molecular flexibility index (Phi) is 4.50. The van der Waals surface area contributed by atoms with E-state index >= 15 is 0 Å². The molecule has 2 heterocycles. The molecule has 1 unspecified atom stereocenters. The third-order valence-corrected chi connectivity index (χ3v) is 4.30. The molecule has 0 saturated carbocycles. The Morgan fingerprint density at radius 3 is 2.68 bits per heavy atom. The fourth-order valence-corrected chi connectivity index (χ4v) is 2.96. The fourth-order valence-electron chi connectivity index (χ4n) is 2.71. The minimum absolute atomic E-state index is 0.116. The summed E-state index contributed by atoms with van der Waals surface area (Å²) in [5, 5.41) is 4.53. The SMILES string of the molecule is CCc1nn(C)cc1C(=O)N1CCC(C(C)Cl)CC1. The number of rotatable bonds is 3. The normalized spacial score (nSPS) is 18.6. The molecule has 1 amide bonds. The second-order valence-electron chi connectivity index (χ2n) is 5.32. The molecule has 0 aliphatic carbocycles. The molecule has 1 saturated heterocycles. The summed E-state index contributed by atoms with van der Waals surface area (Å²) in [4.78, 5) is 14.4. The number of likely N-dealkylation sites (tertiary alicyclic amines) is 1. The summed E-state index contributed by atoms with van der Waals surface area (Å²) in [7, 11) is 1.86. The molecule has 1 aromatic rings. The van der Waals surface area contributed by atoms with E-state index in [-0.39, 0.29) is 11.3 Å². The van der Waals surface area contributed by atoms with Gasteiger partial charge in [-0.15, -0.1) is 11.6 Å². The molecule has 4 nitrogen and oxygen atoms in total. The Morgan fingerprint density at radius 2 is 2.16 bits per heavy atom. The standard InChI is InChI=1S/C14H22ClN3O/c1-4-13-12(9-17(3)16-13)14(19)18-7-5-11(6-8-18)10(2)15/h9-11H,4-8H2,1-3H3. The maximum Gasteiger partial charge on any atom is 0.257 e. The molecule has 1 fully saturated rings. The van der Waals surface area contributed by atoms with E-state index in [9.17, 15) is 4.79 Å². The molecule has 5 heteroatoms. The van der Waals surface area contributed by atoms with Crippen molar-refractivity contribution in [3.63, 3.8) is 0 Å². The van der Waals surface area contributed by atoms with Gasteiger partial charge in [0, 0.05) is 31.7 Å². The third-order valence-electron chi connectivity index (χ3n) is 3.95. The van der Waals surface area contributed by atoms with Gasteiger partial charge in [0.05, 0.1) is 11.3 Å². The first-order valence-corrected chi connectivity index (χ1v) is 7.42. The van der Waals surface area contributed by atoms with Crippen molar-refractivity contribution in [2.24, 2.45) is 13.0 Å². The number of carbonyl (C=O) groups is 1. The number of halogens is 1. The zero-order chi connectivity index (χ0) is 14.0. The Labute approximate surface area is 119 Å². The van der Waals surface area contributed by atoms with Gasteiger partial charge < -0.3 is 4.90 Å². The largest absolute Gasteiger partial charge is 0.339 e. The Hall–Kier alpha value is -1.03. The lowest BCUT2D eigenvalue weighted by Gasteiger charge is -2.33. The minimum atomic E-state index is 0.116. The number of alkyl halides is 1. The van der Waals surface area contributed by atoms with Crippen molar-refractivity contribution < 1.29 is 4.79 Å². The zero-order valence-corrected chi connectivity index (χ0v) is 12.7. The number of hydrogen-bond acceptors (Lipinski definition) is 2. The van der Waals surface area contributed by atoms with Crippen LogP contribution in [0.25, 0.3) is 0 Å². The zero-order valence-electron chi connectivity index (χ0n) is 11.9. The summed E-state index contributed by atoms with van der Waals surface area (Å²) in [6.07, 6.45) is 4.62. The topological polar surface area (TPSA) is 38.1 Å². The van der Waals surface area contributed by atoms with Crippen molar-refractivity contribution in [2.75, 3.05) is 13.1 Å². The van der Waals surface area contributed by atoms with Crippen LogP contribution >= 0.6 is 11.6 Å². The Bertz CT molecular complexity index is 448. The van der Waals surface area contributed by atoms with E-state index in [1.54, 1.807) is 4.68 Å². The van der Waals surface area contributed by atoms with E-state index < -0.39 is 0 Å². The molecule has 1 aliphatic heterocycles. The first-order valence-electron chi connectivity index (χ1n) is 6.98. The second-order valence-corrected chi connectivity index (χ2v) is 6.01. The van der Waals surface area contributed by atoms with Crippen LogP contribution in [0.3, 0.4) is 0 Å². The van der Waals surface area contributed by atoms with Crippen molar-refractivity contribution in [3.8, 4) is 0 Å². The Balaban J connectivity index is 2.05. The number of aryl methyl sites for hydroxylation is 2. The van der Waals surface area contributed by atoms with E-state index in [4.69, 9.17) is 11.6 Å². The van der Waals surface area contributed by atoms with Crippen molar-refractivity contribution in [2.45, 2.75) is 38.5 Å². The molecule has 0 N–H and O–H groups in total. The molecule has 0 radical (unpaired) electrons. The highest BCUT2D eigenvalue weighted by Gasteiger charge is 2.27. The molecule has 0 bridgehead atoms. The van der Waals surface area contributed by atoms with Crippen LogP contribution < -0.4 is 0 Å². The average Bonchev–Trinajstić information content (AvgIpc) is 2.79. The van der Waals surface area contributed by atoms with E-state index in [0.29, 0.717) is 5.92 Å². The molecule has 1 atom stereocenters. The van der Waals surface area contributed by atoms with Crippen LogP contribution in [0.4, 0.5) is 0 Å². The third kappa shape index (κ3) is 3.11. The van der Waals surface area contributed by atoms with Crippen LogP contribution in [-0.4, -0.2) is 39.1 Å². The van der Waals surface area contributed by atoms with E-state index in [0.717, 1.165) is 43.6 Å². The van der Waals surface area contributed by atoms with Crippen LogP contribution in [-0.2, 0) is 13.5 Å². The quantitative estimate of drug-likeness (QED) is 0.799. The van der Waals surface area contributed by atoms with Gasteiger partial charge in [0.1, 0.15) is 0 Å². The van der Waals surface area contributed by atoms with Crippen LogP contribution in [0.5, 0.6) is 0 Å². The molecular weight excluding hydrogens is 262 g/mol. The van der Waals surface area contributed by atoms with Gasteiger partial charge in [-0.05, 0) is 32.1 Å². The van der Waals surface area contributed by atoms with Gasteiger partial charge in [-0.25, -0.2) is 0 Å². The monoisotopic (exact) mass is 283 g/mol. The highest BCUT2D eigenvalue weighted by molar-refractivity contribution is 6.20. The summed E-state index contributed by atoms with van der Waals surface area (Å²) in [6.45, 7) is 5.68. The predicted octanol–water partition coefficient (Wildman–Crippen LogP) is 2.46. The molecule has 0 spiro atoms. The molecular formula is C14H22ClN3O. The summed E-state index contributed by atoms with van der Waals surface area (Å²) in [5.74, 6) is 0.649. The van der Waals surface area contributed by atoms with Gasteiger partial charge in [-0.1, -0.05) is 6.92 Å². The summed E-state index contributed by atoms with van der Waals surface area (Å²) in [6, 6.07) is 0. The van der Waals surface area contributed by atoms with Crippen molar-refractivity contribution in [3.05, 3.63) is 17.5 Å². The van der Waals surface area contributed by atoms with Gasteiger partial charge in [0.25, 0.3) is 5.91 Å². The van der Waals surface area contributed by atoms with E-state index in [1.165, 1.54) is 0 Å². The van der Waals surface area contributed by atoms with Gasteiger partial charge in [0.2, 0.25) is 0 Å². The minimum Gasteiger partial charge on any atom is -0.339 e. The van der Waals surface area contributed by atoms with Crippen LogP contribution in [0.15, 0.2) is 6.20 Å². The maximum absolute atomic E-state index is 12.5. The maximum atomic E-state index is 12.5. The van der Waals surface area contributed by atoms with Crippen molar-refractivity contribution in [1.29, 1.82) is 0 Å². The highest BCUT2D eigenvalue weighted by Crippen LogP contribution is 2.25. The van der Waals surface area contributed by atoms with E-state index in [1.807, 2.05) is 32.0 Å². The average molecular weight is 284 g/mol. The molecule has 1 aliphatic rings. The second kappa shape index (κ2) is 5.95. The number of carbonyl (C=O) groups excluding carboxylic acids is 1. The van der Waals surface area contributed by atoms with Crippen LogP contribution in [0.2, 0.25) is 0 Å². The lowest BCUT2D eigenvalue weighted by Crippen LogP contribution is -2.40. The number of aromatic nitrogens is 2. The summed E-state index contributed by atoms with van der Waals surface area (Å²) in [5.41, 5.74) is 1.64. The van der Waals surface area contributed by atoms with Gasteiger partial charge in [-0.3, -0.25) is 9.48 Å². The predicted molar refractivity (Wildman–Crippen MR) is 76.5 cm³/mol. The molecule has 0 aromatic carbocycles. The van der Waals surface area contributed by atoms with Gasteiger partial charge in [-0.2, -0.15) is 5.10 Å². The summed E-state index contributed by atoms with van der Waals surface area (Å²) < 4.78 is 1.72. The van der Waals surface area contributed by atoms with Crippen LogP contribution in [0, 0.1) is 5.92 Å². The van der Waals surface area contributed by atoms with Crippen molar-refractivity contribution in [1.82, 2.24) is 14.7 Å².